The van der Waals surface area contributed by atoms with E-state index in [2.05, 4.69) is 10.1 Å². The van der Waals surface area contributed by atoms with Crippen LogP contribution in [-0.2, 0) is 9.53 Å². The summed E-state index contributed by atoms with van der Waals surface area (Å²) >= 11 is 7.49. The van der Waals surface area contributed by atoms with Crippen LogP contribution in [0.5, 0.6) is 0 Å². The molecule has 0 aliphatic carbocycles. The molecule has 0 aliphatic rings. The molecule has 1 atom stereocenters. The van der Waals surface area contributed by atoms with Crippen molar-refractivity contribution in [2.45, 2.75) is 17.1 Å². The molecule has 0 bridgehead atoms. The molecule has 0 radical (unpaired) electrons. The molecule has 4 nitrogen and oxygen atoms in total. The number of anilines is 1. The summed E-state index contributed by atoms with van der Waals surface area (Å²) in [6, 6.07) is 13.9. The lowest BCUT2D eigenvalue weighted by Crippen LogP contribution is -2.22. The highest BCUT2D eigenvalue weighted by atomic mass is 35.5. The zero-order chi connectivity index (χ0) is 16.8. The molecule has 6 heteroatoms. The second-order valence-corrected chi connectivity index (χ2v) is 6.54. The van der Waals surface area contributed by atoms with Gasteiger partial charge in [-0.3, -0.25) is 4.79 Å². The number of benzene rings is 2. The van der Waals surface area contributed by atoms with Crippen molar-refractivity contribution < 1.29 is 14.3 Å². The van der Waals surface area contributed by atoms with E-state index < -0.39 is 5.97 Å². The molecule has 0 heterocycles. The van der Waals surface area contributed by atoms with Crippen LogP contribution in [0.1, 0.15) is 17.3 Å². The molecule has 0 fully saturated rings. The minimum absolute atomic E-state index is 0.138. The molecule has 2 aromatic rings. The molecular weight excluding hydrogens is 334 g/mol. The molecule has 2 aromatic carbocycles. The topological polar surface area (TPSA) is 55.4 Å². The molecule has 0 saturated carbocycles. The fourth-order valence-electron chi connectivity index (χ4n) is 1.84. The van der Waals surface area contributed by atoms with Crippen molar-refractivity contribution in [2.75, 3.05) is 12.4 Å². The first-order valence-electron chi connectivity index (χ1n) is 6.91. The number of nitrogens with one attached hydrogen (secondary N) is 1. The molecule has 0 saturated heterocycles. The van der Waals surface area contributed by atoms with Crippen molar-refractivity contribution in [2.24, 2.45) is 0 Å². The third-order valence-corrected chi connectivity index (χ3v) is 4.70. The number of amides is 1. The van der Waals surface area contributed by atoms with Crippen LogP contribution in [-0.4, -0.2) is 24.2 Å². The Kier molecular flexibility index (Phi) is 6.07. The van der Waals surface area contributed by atoms with Crippen LogP contribution in [0, 0.1) is 0 Å². The van der Waals surface area contributed by atoms with Crippen LogP contribution in [0.3, 0.4) is 0 Å². The van der Waals surface area contributed by atoms with Crippen LogP contribution in [0.4, 0.5) is 5.69 Å². The Balaban J connectivity index is 1.98. The number of rotatable bonds is 5. The lowest BCUT2D eigenvalue weighted by Gasteiger charge is -2.13. The van der Waals surface area contributed by atoms with Crippen LogP contribution < -0.4 is 5.32 Å². The Morgan fingerprint density at radius 2 is 1.78 bits per heavy atom. The normalized spacial score (nSPS) is 11.6. The van der Waals surface area contributed by atoms with Gasteiger partial charge < -0.3 is 10.1 Å². The zero-order valence-electron chi connectivity index (χ0n) is 12.7. The van der Waals surface area contributed by atoms with E-state index >= 15 is 0 Å². The lowest BCUT2D eigenvalue weighted by atomic mass is 10.2. The maximum absolute atomic E-state index is 12.2. The summed E-state index contributed by atoms with van der Waals surface area (Å²) in [6.45, 7) is 1.81. The van der Waals surface area contributed by atoms with Crippen LogP contribution in [0.2, 0.25) is 5.02 Å². The molecule has 120 valence electrons. The highest BCUT2D eigenvalue weighted by Gasteiger charge is 2.16. The van der Waals surface area contributed by atoms with Crippen molar-refractivity contribution in [3.8, 4) is 0 Å². The highest BCUT2D eigenvalue weighted by molar-refractivity contribution is 8.00. The highest BCUT2D eigenvalue weighted by Crippen LogP contribution is 2.30. The number of methoxy groups -OCH3 is 1. The second kappa shape index (κ2) is 8.04. The minimum atomic E-state index is -0.412. The Morgan fingerprint density at radius 1 is 1.13 bits per heavy atom. The summed E-state index contributed by atoms with van der Waals surface area (Å²) in [5.41, 5.74) is 1.05. The van der Waals surface area contributed by atoms with Crippen molar-refractivity contribution >= 4 is 40.9 Å². The van der Waals surface area contributed by atoms with Gasteiger partial charge in [0.2, 0.25) is 5.91 Å². The van der Waals surface area contributed by atoms with Crippen molar-refractivity contribution in [1.82, 2.24) is 0 Å². The van der Waals surface area contributed by atoms with Gasteiger partial charge in [-0.15, -0.1) is 11.8 Å². The van der Waals surface area contributed by atoms with Crippen molar-refractivity contribution in [1.29, 1.82) is 0 Å². The SMILES string of the molecule is COC(=O)c1ccc(NC(=O)C(C)Sc2ccccc2Cl)cc1. The number of ether oxygens (including phenoxy) is 1. The van der Waals surface area contributed by atoms with E-state index in [0.717, 1.165) is 4.90 Å². The quantitative estimate of drug-likeness (QED) is 0.647. The predicted molar refractivity (Wildman–Crippen MR) is 93.2 cm³/mol. The van der Waals surface area contributed by atoms with Gasteiger partial charge in [-0.05, 0) is 43.3 Å². The fraction of sp³-hybridized carbons (Fsp3) is 0.176. The third kappa shape index (κ3) is 4.74. The molecule has 2 rings (SSSR count). The molecule has 0 aromatic heterocycles. The monoisotopic (exact) mass is 349 g/mol. The van der Waals surface area contributed by atoms with Crippen molar-refractivity contribution in [3.05, 3.63) is 59.1 Å². The molecule has 23 heavy (non-hydrogen) atoms. The molecule has 0 spiro atoms. The Labute approximate surface area is 144 Å². The maximum atomic E-state index is 12.2. The first kappa shape index (κ1) is 17.4. The molecule has 1 N–H and O–H groups in total. The standard InChI is InChI=1S/C17H16ClNO3S/c1-11(23-15-6-4-3-5-14(15)18)16(20)19-13-9-7-12(8-10-13)17(21)22-2/h3-11H,1-2H3,(H,19,20). The average molecular weight is 350 g/mol. The maximum Gasteiger partial charge on any atom is 0.337 e. The largest absolute Gasteiger partial charge is 0.465 e. The Hall–Kier alpha value is -1.98. The van der Waals surface area contributed by atoms with Gasteiger partial charge in [0.1, 0.15) is 0 Å². The van der Waals surface area contributed by atoms with Gasteiger partial charge in [0.15, 0.2) is 0 Å². The summed E-state index contributed by atoms with van der Waals surface area (Å²) in [6.07, 6.45) is 0. The van der Waals surface area contributed by atoms with E-state index in [0.29, 0.717) is 16.3 Å². The summed E-state index contributed by atoms with van der Waals surface area (Å²) in [7, 11) is 1.33. The van der Waals surface area contributed by atoms with Crippen LogP contribution >= 0.6 is 23.4 Å². The van der Waals surface area contributed by atoms with Gasteiger partial charge in [-0.2, -0.15) is 0 Å². The third-order valence-electron chi connectivity index (χ3n) is 3.08. The van der Waals surface area contributed by atoms with Gasteiger partial charge in [-0.1, -0.05) is 23.7 Å². The van der Waals surface area contributed by atoms with Gasteiger partial charge in [0.25, 0.3) is 0 Å². The number of thioether (sulfide) groups is 1. The van der Waals surface area contributed by atoms with Crippen molar-refractivity contribution in [3.63, 3.8) is 0 Å². The number of esters is 1. The number of hydrogen-bond acceptors (Lipinski definition) is 4. The second-order valence-electron chi connectivity index (χ2n) is 4.75. The van der Waals surface area contributed by atoms with E-state index in [1.54, 1.807) is 30.3 Å². The van der Waals surface area contributed by atoms with Gasteiger partial charge in [-0.25, -0.2) is 4.79 Å². The summed E-state index contributed by atoms with van der Waals surface area (Å²) in [4.78, 5) is 24.5. The van der Waals surface area contributed by atoms with Gasteiger partial charge in [0, 0.05) is 10.6 Å². The molecule has 1 unspecified atom stereocenters. The summed E-state index contributed by atoms with van der Waals surface area (Å²) in [5.74, 6) is -0.550. The minimum Gasteiger partial charge on any atom is -0.465 e. The first-order chi connectivity index (χ1) is 11.0. The van der Waals surface area contributed by atoms with E-state index in [4.69, 9.17) is 11.6 Å². The number of halogens is 1. The lowest BCUT2D eigenvalue weighted by molar-refractivity contribution is -0.115. The van der Waals surface area contributed by atoms with E-state index in [1.807, 2.05) is 25.1 Å². The first-order valence-corrected chi connectivity index (χ1v) is 8.17. The number of hydrogen-bond donors (Lipinski definition) is 1. The molecule has 1 amide bonds. The average Bonchev–Trinajstić information content (AvgIpc) is 2.56. The summed E-state index contributed by atoms with van der Waals surface area (Å²) in [5, 5.41) is 3.13. The Morgan fingerprint density at radius 3 is 2.39 bits per heavy atom. The molecule has 0 aliphatic heterocycles. The fourth-order valence-corrected chi connectivity index (χ4v) is 2.99. The van der Waals surface area contributed by atoms with Crippen LogP contribution in [0.25, 0.3) is 0 Å². The zero-order valence-corrected chi connectivity index (χ0v) is 14.3. The number of carbonyl (C=O) groups is 2. The Bertz CT molecular complexity index is 703. The van der Waals surface area contributed by atoms with E-state index in [-0.39, 0.29) is 11.2 Å². The summed E-state index contributed by atoms with van der Waals surface area (Å²) < 4.78 is 4.63. The van der Waals surface area contributed by atoms with E-state index in [1.165, 1.54) is 18.9 Å². The van der Waals surface area contributed by atoms with Crippen LogP contribution in [0.15, 0.2) is 53.4 Å². The smallest absolute Gasteiger partial charge is 0.337 e. The van der Waals surface area contributed by atoms with Gasteiger partial charge in [0.05, 0.1) is 22.9 Å². The predicted octanol–water partition coefficient (Wildman–Crippen LogP) is 4.25. The van der Waals surface area contributed by atoms with Gasteiger partial charge >= 0.3 is 5.97 Å². The van der Waals surface area contributed by atoms with E-state index in [9.17, 15) is 9.59 Å². The number of carbonyl (C=O) groups excluding carboxylic acids is 2. The molecular formula is C17H16ClNO3S.